The van der Waals surface area contributed by atoms with Gasteiger partial charge < -0.3 is 24.4 Å². The van der Waals surface area contributed by atoms with Crippen LogP contribution in [-0.2, 0) is 22.6 Å². The summed E-state index contributed by atoms with van der Waals surface area (Å²) >= 11 is 0. The number of esters is 2. The average Bonchev–Trinajstić information content (AvgIpc) is 3.26. The van der Waals surface area contributed by atoms with Gasteiger partial charge in [0, 0.05) is 30.6 Å². The van der Waals surface area contributed by atoms with Crippen LogP contribution in [0, 0.1) is 6.92 Å². The van der Waals surface area contributed by atoms with E-state index < -0.39 is 5.97 Å². The molecule has 0 spiro atoms. The van der Waals surface area contributed by atoms with Gasteiger partial charge in [0.25, 0.3) is 0 Å². The topological polar surface area (TPSA) is 94.2 Å². The molecule has 8 nitrogen and oxygen atoms in total. The SMILES string of the molecule is CCN(CC)C(=O)Nc1c(C/C=C(\C)CCC(=O)Oc2ccccc2)c(OC)c(C)c2c1C(=O)OC2. The maximum absolute atomic E-state index is 12.9. The first-order chi connectivity index (χ1) is 17.3. The molecule has 1 N–H and O–H groups in total. The highest BCUT2D eigenvalue weighted by Gasteiger charge is 2.33. The molecule has 1 aliphatic heterocycles. The number of rotatable bonds is 10. The minimum Gasteiger partial charge on any atom is -0.496 e. The Kier molecular flexibility index (Phi) is 9.11. The van der Waals surface area contributed by atoms with Gasteiger partial charge >= 0.3 is 18.0 Å². The number of fused-ring (bicyclic) bond motifs is 1. The molecule has 0 unspecified atom stereocenters. The lowest BCUT2D eigenvalue weighted by Crippen LogP contribution is -2.35. The Bertz CT molecular complexity index is 1150. The van der Waals surface area contributed by atoms with Crippen LogP contribution in [0.15, 0.2) is 42.0 Å². The van der Waals surface area contributed by atoms with E-state index in [2.05, 4.69) is 5.32 Å². The molecule has 0 atom stereocenters. The van der Waals surface area contributed by atoms with Crippen molar-refractivity contribution in [3.8, 4) is 11.5 Å². The third-order valence-electron chi connectivity index (χ3n) is 6.31. The van der Waals surface area contributed by atoms with E-state index in [1.165, 1.54) is 0 Å². The molecule has 2 aromatic carbocycles. The van der Waals surface area contributed by atoms with Crippen LogP contribution in [0.25, 0.3) is 0 Å². The van der Waals surface area contributed by atoms with Crippen LogP contribution in [0.1, 0.15) is 60.7 Å². The zero-order valence-electron chi connectivity index (χ0n) is 21.6. The molecule has 8 heteroatoms. The number of carbonyl (C=O) groups excluding carboxylic acids is 3. The summed E-state index contributed by atoms with van der Waals surface area (Å²) in [7, 11) is 1.57. The number of allylic oxidation sites excluding steroid dienone is 2. The van der Waals surface area contributed by atoms with E-state index in [1.54, 1.807) is 24.1 Å². The molecule has 2 aromatic rings. The maximum Gasteiger partial charge on any atom is 0.341 e. The second-order valence-electron chi connectivity index (χ2n) is 8.59. The van der Waals surface area contributed by atoms with E-state index in [0.717, 1.165) is 16.7 Å². The number of nitrogens with one attached hydrogen (secondary N) is 1. The Morgan fingerprint density at radius 3 is 2.47 bits per heavy atom. The molecule has 2 amide bonds. The summed E-state index contributed by atoms with van der Waals surface area (Å²) in [6.07, 6.45) is 3.13. The molecule has 0 aromatic heterocycles. The van der Waals surface area contributed by atoms with Crippen molar-refractivity contribution < 1.29 is 28.6 Å². The Hall–Kier alpha value is -3.81. The number of carbonyl (C=O) groups is 3. The Balaban J connectivity index is 1.85. The zero-order chi connectivity index (χ0) is 26.2. The fraction of sp³-hybridized carbons (Fsp3) is 0.393. The van der Waals surface area contributed by atoms with Gasteiger partial charge in [0.1, 0.15) is 18.1 Å². The van der Waals surface area contributed by atoms with E-state index in [0.29, 0.717) is 54.2 Å². The molecule has 1 heterocycles. The van der Waals surface area contributed by atoms with Crippen LogP contribution < -0.4 is 14.8 Å². The third-order valence-corrected chi connectivity index (χ3v) is 6.31. The molecule has 3 rings (SSSR count). The predicted octanol–water partition coefficient (Wildman–Crippen LogP) is 5.42. The molecule has 0 fully saturated rings. The first-order valence-corrected chi connectivity index (χ1v) is 12.2. The highest BCUT2D eigenvalue weighted by Crippen LogP contribution is 2.41. The van der Waals surface area contributed by atoms with E-state index in [9.17, 15) is 14.4 Å². The van der Waals surface area contributed by atoms with Gasteiger partial charge in [-0.25, -0.2) is 9.59 Å². The van der Waals surface area contributed by atoms with Gasteiger partial charge in [-0.05, 0) is 58.2 Å². The van der Waals surface area contributed by atoms with Crippen molar-refractivity contribution >= 4 is 23.7 Å². The van der Waals surface area contributed by atoms with Crippen molar-refractivity contribution in [2.75, 3.05) is 25.5 Å². The monoisotopic (exact) mass is 494 g/mol. The standard InChI is InChI=1S/C28H34N2O6/c1-6-30(7-2)28(33)29-25-21(26(34-5)19(4)22-17-35-27(32)24(22)25)15-13-18(3)14-16-23(31)36-20-11-9-8-10-12-20/h8-13H,6-7,14-17H2,1-5H3,(H,29,33)/b18-13+. The summed E-state index contributed by atoms with van der Waals surface area (Å²) in [5.74, 6) is 0.350. The minimum atomic E-state index is -0.462. The molecule has 36 heavy (non-hydrogen) atoms. The Morgan fingerprint density at radius 1 is 1.14 bits per heavy atom. The first-order valence-electron chi connectivity index (χ1n) is 12.2. The van der Waals surface area contributed by atoms with Crippen molar-refractivity contribution in [1.82, 2.24) is 4.90 Å². The Morgan fingerprint density at radius 2 is 1.83 bits per heavy atom. The van der Waals surface area contributed by atoms with Crippen LogP contribution in [-0.4, -0.2) is 43.1 Å². The lowest BCUT2D eigenvalue weighted by atomic mass is 9.93. The number of benzene rings is 2. The molecule has 0 bridgehead atoms. The highest BCUT2D eigenvalue weighted by molar-refractivity contribution is 6.05. The van der Waals surface area contributed by atoms with E-state index in [1.807, 2.05) is 52.0 Å². The molecule has 192 valence electrons. The summed E-state index contributed by atoms with van der Waals surface area (Å²) in [5, 5.41) is 2.95. The molecular formula is C28H34N2O6. The number of anilines is 1. The third kappa shape index (κ3) is 6.05. The molecule has 0 aliphatic carbocycles. The zero-order valence-corrected chi connectivity index (χ0v) is 21.6. The number of nitrogens with zero attached hydrogens (tertiary/aromatic N) is 1. The van der Waals surface area contributed by atoms with E-state index in [4.69, 9.17) is 14.2 Å². The van der Waals surface area contributed by atoms with Crippen LogP contribution in [0.5, 0.6) is 11.5 Å². The highest BCUT2D eigenvalue weighted by atomic mass is 16.5. The number of hydrogen-bond acceptors (Lipinski definition) is 6. The van der Waals surface area contributed by atoms with Crippen molar-refractivity contribution in [2.24, 2.45) is 0 Å². The average molecular weight is 495 g/mol. The van der Waals surface area contributed by atoms with Crippen LogP contribution in [0.2, 0.25) is 0 Å². The normalized spacial score (nSPS) is 12.6. The van der Waals surface area contributed by atoms with Gasteiger partial charge in [-0.3, -0.25) is 4.79 Å². The number of urea groups is 1. The number of methoxy groups -OCH3 is 1. The van der Waals surface area contributed by atoms with E-state index >= 15 is 0 Å². The van der Waals surface area contributed by atoms with Crippen molar-refractivity contribution in [3.63, 3.8) is 0 Å². The van der Waals surface area contributed by atoms with Gasteiger partial charge in [0.2, 0.25) is 0 Å². The number of ether oxygens (including phenoxy) is 3. The van der Waals surface area contributed by atoms with E-state index in [-0.39, 0.29) is 25.0 Å². The lowest BCUT2D eigenvalue weighted by Gasteiger charge is -2.23. The number of para-hydroxylation sites is 1. The second kappa shape index (κ2) is 12.2. The van der Waals surface area contributed by atoms with Crippen LogP contribution >= 0.6 is 0 Å². The van der Waals surface area contributed by atoms with Crippen molar-refractivity contribution in [3.05, 3.63) is 64.2 Å². The first kappa shape index (κ1) is 26.8. The summed E-state index contributed by atoms with van der Waals surface area (Å²) in [6, 6.07) is 8.67. The van der Waals surface area contributed by atoms with Gasteiger partial charge in [-0.1, -0.05) is 29.8 Å². The Labute approximate surface area is 212 Å². The molecule has 1 aliphatic rings. The van der Waals surface area contributed by atoms with Gasteiger partial charge in [0.15, 0.2) is 0 Å². The number of cyclic esters (lactones) is 1. The van der Waals surface area contributed by atoms with Gasteiger partial charge in [-0.15, -0.1) is 0 Å². The largest absolute Gasteiger partial charge is 0.496 e. The fourth-order valence-corrected chi connectivity index (χ4v) is 4.24. The molecule has 0 saturated heterocycles. The maximum atomic E-state index is 12.9. The van der Waals surface area contributed by atoms with Crippen molar-refractivity contribution in [1.29, 1.82) is 0 Å². The number of hydrogen-bond donors (Lipinski definition) is 1. The predicted molar refractivity (Wildman–Crippen MR) is 138 cm³/mol. The van der Waals surface area contributed by atoms with Gasteiger partial charge in [0.05, 0.1) is 18.4 Å². The van der Waals surface area contributed by atoms with Crippen molar-refractivity contribution in [2.45, 2.75) is 53.6 Å². The van der Waals surface area contributed by atoms with Gasteiger partial charge in [-0.2, -0.15) is 0 Å². The fourth-order valence-electron chi connectivity index (χ4n) is 4.24. The second-order valence-corrected chi connectivity index (χ2v) is 8.59. The van der Waals surface area contributed by atoms with Crippen LogP contribution in [0.3, 0.4) is 0 Å². The molecular weight excluding hydrogens is 460 g/mol. The summed E-state index contributed by atoms with van der Waals surface area (Å²) < 4.78 is 16.4. The lowest BCUT2D eigenvalue weighted by molar-refractivity contribution is -0.134. The molecule has 0 saturated carbocycles. The smallest absolute Gasteiger partial charge is 0.341 e. The summed E-state index contributed by atoms with van der Waals surface area (Å²) in [6.45, 7) is 8.82. The summed E-state index contributed by atoms with van der Waals surface area (Å²) in [4.78, 5) is 39.5. The quantitative estimate of drug-likeness (QED) is 0.269. The summed E-state index contributed by atoms with van der Waals surface area (Å²) in [5.41, 5.74) is 4.00. The minimum absolute atomic E-state index is 0.142. The van der Waals surface area contributed by atoms with Crippen LogP contribution in [0.4, 0.5) is 10.5 Å². The number of amides is 2. The molecule has 0 radical (unpaired) electrons.